The van der Waals surface area contributed by atoms with Gasteiger partial charge in [-0.3, -0.25) is 4.68 Å². The molecule has 0 saturated heterocycles. The second-order valence-corrected chi connectivity index (χ2v) is 5.60. The molecule has 3 aromatic rings. The summed E-state index contributed by atoms with van der Waals surface area (Å²) < 4.78 is 12.9. The molecule has 0 radical (unpaired) electrons. The number of hydrogen-bond acceptors (Lipinski definition) is 6. The average Bonchev–Trinajstić information content (AvgIpc) is 2.87. The molecule has 0 N–H and O–H groups in total. The van der Waals surface area contributed by atoms with Crippen molar-refractivity contribution in [3.63, 3.8) is 0 Å². The van der Waals surface area contributed by atoms with Crippen LogP contribution in [0.2, 0.25) is 0 Å². The van der Waals surface area contributed by atoms with E-state index in [9.17, 15) is 0 Å². The Morgan fingerprint density at radius 3 is 2.80 bits per heavy atom. The first kappa shape index (κ1) is 11.8. The largest absolute Gasteiger partial charge is 0.360 e. The molecule has 0 atom stereocenters. The third kappa shape index (κ3) is 1.96. The topological polar surface area (TPSA) is 82.8 Å². The molecule has 1 aliphatic rings. The van der Waals surface area contributed by atoms with E-state index < -0.39 is 0 Å². The van der Waals surface area contributed by atoms with Crippen LogP contribution in [0.25, 0.3) is 23.1 Å². The highest BCUT2D eigenvalue weighted by molar-refractivity contribution is 9.10. The van der Waals surface area contributed by atoms with Crippen LogP contribution in [0.5, 0.6) is 0 Å². The first-order valence-corrected chi connectivity index (χ1v) is 7.00. The SMILES string of the molecule is Cn1nc(Br)cc1-c1noc(-c2cc(C3CC3)on2)n1. The molecular weight excluding hydrogens is 326 g/mol. The third-order valence-corrected chi connectivity index (χ3v) is 3.62. The standard InChI is InChI=1S/C12H10BrN5O2/c1-18-8(5-10(13)15-18)11-14-12(20-17-11)7-4-9(19-16-7)6-2-3-6/h4-6H,2-3H2,1H3. The Kier molecular flexibility index (Phi) is 2.53. The third-order valence-electron chi connectivity index (χ3n) is 3.23. The average molecular weight is 336 g/mol. The van der Waals surface area contributed by atoms with E-state index in [1.54, 1.807) is 4.68 Å². The van der Waals surface area contributed by atoms with Crippen LogP contribution < -0.4 is 0 Å². The molecule has 1 saturated carbocycles. The van der Waals surface area contributed by atoms with Gasteiger partial charge in [-0.15, -0.1) is 0 Å². The number of aryl methyl sites for hydroxylation is 1. The molecular formula is C12H10BrN5O2. The van der Waals surface area contributed by atoms with Crippen LogP contribution in [-0.2, 0) is 7.05 Å². The Bertz CT molecular complexity index is 771. The van der Waals surface area contributed by atoms with E-state index in [0.717, 1.165) is 28.9 Å². The minimum atomic E-state index is 0.355. The Hall–Kier alpha value is -1.96. The molecule has 3 heterocycles. The minimum Gasteiger partial charge on any atom is -0.360 e. The summed E-state index contributed by atoms with van der Waals surface area (Å²) in [5.74, 6) is 2.22. The number of nitrogens with zero attached hydrogens (tertiary/aromatic N) is 5. The lowest BCUT2D eigenvalue weighted by Crippen LogP contribution is -1.94. The highest BCUT2D eigenvalue weighted by atomic mass is 79.9. The Balaban J connectivity index is 1.68. The fraction of sp³-hybridized carbons (Fsp3) is 0.333. The van der Waals surface area contributed by atoms with Crippen molar-refractivity contribution in [1.82, 2.24) is 25.1 Å². The molecule has 7 nitrogen and oxygen atoms in total. The summed E-state index contributed by atoms with van der Waals surface area (Å²) in [6.07, 6.45) is 2.32. The van der Waals surface area contributed by atoms with Crippen LogP contribution in [0.3, 0.4) is 0 Å². The van der Waals surface area contributed by atoms with Gasteiger partial charge in [0.2, 0.25) is 5.82 Å². The monoisotopic (exact) mass is 335 g/mol. The second-order valence-electron chi connectivity index (χ2n) is 4.79. The predicted molar refractivity (Wildman–Crippen MR) is 71.7 cm³/mol. The zero-order chi connectivity index (χ0) is 13.7. The first-order chi connectivity index (χ1) is 9.70. The van der Waals surface area contributed by atoms with Gasteiger partial charge in [-0.1, -0.05) is 10.3 Å². The summed E-state index contributed by atoms with van der Waals surface area (Å²) in [4.78, 5) is 4.34. The molecule has 1 aliphatic carbocycles. The molecule has 0 aliphatic heterocycles. The van der Waals surface area contributed by atoms with E-state index in [4.69, 9.17) is 9.05 Å². The van der Waals surface area contributed by atoms with Crippen molar-refractivity contribution in [3.05, 3.63) is 22.5 Å². The van der Waals surface area contributed by atoms with E-state index in [0.29, 0.717) is 23.3 Å². The van der Waals surface area contributed by atoms with Gasteiger partial charge in [0.15, 0.2) is 5.69 Å². The van der Waals surface area contributed by atoms with Crippen LogP contribution >= 0.6 is 15.9 Å². The molecule has 102 valence electrons. The fourth-order valence-electron chi connectivity index (χ4n) is 2.02. The van der Waals surface area contributed by atoms with Crippen LogP contribution in [0.15, 0.2) is 25.8 Å². The maximum Gasteiger partial charge on any atom is 0.280 e. The molecule has 1 fully saturated rings. The van der Waals surface area contributed by atoms with E-state index >= 15 is 0 Å². The van der Waals surface area contributed by atoms with Gasteiger partial charge >= 0.3 is 0 Å². The molecule has 0 spiro atoms. The molecule has 0 aromatic carbocycles. The van der Waals surface area contributed by atoms with Gasteiger partial charge in [0, 0.05) is 25.1 Å². The molecule has 0 unspecified atom stereocenters. The molecule has 20 heavy (non-hydrogen) atoms. The van der Waals surface area contributed by atoms with Crippen LogP contribution in [0.1, 0.15) is 24.5 Å². The summed E-state index contributed by atoms with van der Waals surface area (Å²) >= 11 is 3.31. The molecule has 0 bridgehead atoms. The summed E-state index contributed by atoms with van der Waals surface area (Å²) in [7, 11) is 1.82. The molecule has 3 aromatic heterocycles. The maximum atomic E-state index is 5.28. The Morgan fingerprint density at radius 1 is 1.25 bits per heavy atom. The lowest BCUT2D eigenvalue weighted by atomic mass is 10.3. The van der Waals surface area contributed by atoms with Crippen LogP contribution in [0.4, 0.5) is 0 Å². The van der Waals surface area contributed by atoms with Crippen molar-refractivity contribution in [2.45, 2.75) is 18.8 Å². The van der Waals surface area contributed by atoms with Crippen molar-refractivity contribution in [1.29, 1.82) is 0 Å². The zero-order valence-electron chi connectivity index (χ0n) is 10.6. The van der Waals surface area contributed by atoms with Gasteiger partial charge in [-0.05, 0) is 28.8 Å². The summed E-state index contributed by atoms with van der Waals surface area (Å²) in [5, 5.41) is 12.1. The summed E-state index contributed by atoms with van der Waals surface area (Å²) in [5.41, 5.74) is 1.34. The van der Waals surface area contributed by atoms with E-state index in [2.05, 4.69) is 36.3 Å². The highest BCUT2D eigenvalue weighted by Crippen LogP contribution is 2.41. The fourth-order valence-corrected chi connectivity index (χ4v) is 2.48. The molecule has 4 rings (SSSR count). The van der Waals surface area contributed by atoms with Crippen molar-refractivity contribution < 1.29 is 9.05 Å². The van der Waals surface area contributed by atoms with Crippen molar-refractivity contribution >= 4 is 15.9 Å². The van der Waals surface area contributed by atoms with Gasteiger partial charge in [-0.2, -0.15) is 10.1 Å². The first-order valence-electron chi connectivity index (χ1n) is 6.21. The Labute approximate surface area is 122 Å². The van der Waals surface area contributed by atoms with Gasteiger partial charge < -0.3 is 9.05 Å². The van der Waals surface area contributed by atoms with Gasteiger partial charge in [0.25, 0.3) is 5.89 Å². The van der Waals surface area contributed by atoms with Crippen LogP contribution in [0, 0.1) is 0 Å². The van der Waals surface area contributed by atoms with Gasteiger partial charge in [-0.25, -0.2) is 0 Å². The van der Waals surface area contributed by atoms with Crippen molar-refractivity contribution in [2.75, 3.05) is 0 Å². The number of hydrogen-bond donors (Lipinski definition) is 0. The van der Waals surface area contributed by atoms with E-state index in [1.165, 1.54) is 0 Å². The van der Waals surface area contributed by atoms with E-state index in [-0.39, 0.29) is 0 Å². The smallest absolute Gasteiger partial charge is 0.280 e. The predicted octanol–water partition coefficient (Wildman–Crippen LogP) is 2.77. The van der Waals surface area contributed by atoms with Crippen molar-refractivity contribution in [2.24, 2.45) is 7.05 Å². The van der Waals surface area contributed by atoms with E-state index in [1.807, 2.05) is 19.2 Å². The summed E-state index contributed by atoms with van der Waals surface area (Å²) in [6, 6.07) is 3.70. The lowest BCUT2D eigenvalue weighted by molar-refractivity contribution is 0.379. The van der Waals surface area contributed by atoms with Gasteiger partial charge in [0.05, 0.1) is 0 Å². The minimum absolute atomic E-state index is 0.355. The molecule has 0 amide bonds. The second kappa shape index (κ2) is 4.27. The maximum absolute atomic E-state index is 5.28. The Morgan fingerprint density at radius 2 is 2.10 bits per heavy atom. The normalized spacial score (nSPS) is 14.9. The zero-order valence-corrected chi connectivity index (χ0v) is 12.2. The quantitative estimate of drug-likeness (QED) is 0.731. The number of rotatable bonds is 3. The summed E-state index contributed by atoms with van der Waals surface area (Å²) in [6.45, 7) is 0. The number of aromatic nitrogens is 5. The molecule has 8 heteroatoms. The van der Waals surface area contributed by atoms with Gasteiger partial charge in [0.1, 0.15) is 16.1 Å². The number of halogens is 1. The van der Waals surface area contributed by atoms with Crippen molar-refractivity contribution in [3.8, 4) is 23.1 Å². The lowest BCUT2D eigenvalue weighted by Gasteiger charge is -1.92. The highest BCUT2D eigenvalue weighted by Gasteiger charge is 2.29. The van der Waals surface area contributed by atoms with Crippen LogP contribution in [-0.4, -0.2) is 25.1 Å².